The molecule has 0 fully saturated rings. The molecule has 10 heteroatoms. The van der Waals surface area contributed by atoms with Gasteiger partial charge in [0, 0.05) is 0 Å². The smallest absolute Gasteiger partial charge is 0.126 e. The maximum atomic E-state index is 6.75. The summed E-state index contributed by atoms with van der Waals surface area (Å²) in [6.45, 7) is 4.25. The van der Waals surface area contributed by atoms with Crippen LogP contribution in [0.25, 0.3) is 0 Å². The van der Waals surface area contributed by atoms with Crippen molar-refractivity contribution in [1.82, 2.24) is 0 Å². The van der Waals surface area contributed by atoms with E-state index in [1.54, 1.807) is 0 Å². The van der Waals surface area contributed by atoms with Gasteiger partial charge in [0.1, 0.15) is 31.6 Å². The summed E-state index contributed by atoms with van der Waals surface area (Å²) in [7, 11) is 10.8. The Morgan fingerprint density at radius 1 is 0.708 bits per heavy atom. The molecule has 0 aliphatic heterocycles. The minimum atomic E-state index is 0. The molecule has 0 radical (unpaired) electrons. The number of ether oxygens (including phenoxy) is 2. The van der Waals surface area contributed by atoms with Gasteiger partial charge in [-0.1, -0.05) is 74.1 Å². The molecule has 0 saturated carbocycles. The first-order valence-electron chi connectivity index (χ1n) is 5.29. The normalized spacial score (nSPS) is 7.17. The van der Waals surface area contributed by atoms with E-state index < -0.39 is 0 Å². The van der Waals surface area contributed by atoms with Crippen LogP contribution in [0.3, 0.4) is 0 Å². The van der Waals surface area contributed by atoms with Crippen LogP contribution in [0.5, 0.6) is 11.5 Å². The molecule has 1 aromatic rings. The first-order chi connectivity index (χ1) is 9.95. The maximum Gasteiger partial charge on any atom is 0.126 e. The number of benzene rings is 1. The largest absolute Gasteiger partial charge is 0.663 e. The van der Waals surface area contributed by atoms with Crippen LogP contribution in [0.1, 0.15) is 27.7 Å². The summed E-state index contributed by atoms with van der Waals surface area (Å²) >= 11 is 23.2. The Balaban J connectivity index is -0.0000000714. The number of aliphatic hydroxyl groups excluding tert-OH is 2. The second-order valence-corrected chi connectivity index (χ2v) is 4.42. The molecule has 2 N–H and O–H groups in total. The average molecular weight is 930 g/mol. The molecule has 0 spiro atoms. The Labute approximate surface area is 153 Å². The Bertz CT molecular complexity index is 334. The van der Waals surface area contributed by atoms with Gasteiger partial charge in [-0.25, -0.2) is 14.2 Å². The van der Waals surface area contributed by atoms with E-state index in [0.29, 0.717) is 0 Å². The molecule has 0 heterocycles. The van der Waals surface area contributed by atoms with Crippen molar-refractivity contribution in [1.29, 1.82) is 0 Å². The fourth-order valence-electron chi connectivity index (χ4n) is 0.845. The molecule has 4 nitrogen and oxygen atoms in total. The molecule has 0 aliphatic rings. The van der Waals surface area contributed by atoms with Gasteiger partial charge in [0.2, 0.25) is 0 Å². The van der Waals surface area contributed by atoms with Crippen LogP contribution >= 0.6 is 46.4 Å². The fraction of sp³-hybridized carbons (Fsp3) is 0.286. The van der Waals surface area contributed by atoms with E-state index in [0.717, 1.165) is 0 Å². The predicted octanol–water partition coefficient (Wildman–Crippen LogP) is 6.99. The van der Waals surface area contributed by atoms with Crippen LogP contribution in [0.4, 0.5) is 0 Å². The van der Waals surface area contributed by atoms with Gasteiger partial charge >= 0.3 is 0 Å². The third-order valence-corrected chi connectivity index (χ3v) is 3.11. The van der Waals surface area contributed by atoms with E-state index in [-0.39, 0.29) is 39.0 Å². The molecule has 0 aromatic heterocycles. The number of rotatable bonds is 2. The van der Waals surface area contributed by atoms with Crippen molar-refractivity contribution in [3.05, 3.63) is 48.5 Å². The minimum absolute atomic E-state index is 0. The molecule has 1 aromatic carbocycles. The van der Waals surface area contributed by atoms with Crippen molar-refractivity contribution in [2.45, 2.75) is 27.7 Å². The van der Waals surface area contributed by atoms with Crippen LogP contribution < -0.4 is 9.47 Å². The summed E-state index contributed by atoms with van der Waals surface area (Å²) < 4.78 is 9.36. The van der Waals surface area contributed by atoms with E-state index in [1.807, 2.05) is 0 Å². The molecule has 0 amide bonds. The van der Waals surface area contributed by atoms with E-state index in [2.05, 4.69) is 51.8 Å². The van der Waals surface area contributed by atoms with E-state index in [1.165, 1.54) is 6.42 Å². The average Bonchev–Trinajstić information content (AvgIpc) is 2.51. The topological polar surface area (TPSA) is 58.9 Å². The molecule has 1 rings (SSSR count). The second kappa shape index (κ2) is 23.2. The van der Waals surface area contributed by atoms with E-state index in [4.69, 9.17) is 56.6 Å². The molecular formula is C14H22Cl4O4Rf2-4. The third-order valence-electron chi connectivity index (χ3n) is 1.47. The van der Waals surface area contributed by atoms with Gasteiger partial charge < -0.3 is 19.7 Å². The fourth-order valence-corrected chi connectivity index (χ4v) is 1.88. The van der Waals surface area contributed by atoms with Crippen molar-refractivity contribution >= 4 is 46.4 Å². The quantitative estimate of drug-likeness (QED) is 0.248. The zero-order valence-electron chi connectivity index (χ0n) is 13.2. The third kappa shape index (κ3) is 10.6. The van der Waals surface area contributed by atoms with Gasteiger partial charge in [-0.15, -0.1) is 0 Å². The molecule has 0 unspecified atom stereocenters. The van der Waals surface area contributed by atoms with Gasteiger partial charge in [0.15, 0.2) is 0 Å². The SMILES string of the molecule is C.CCC.[CH2-]O.[CH2-]O.[CH2-]Oc1c(Cl)c(Cl)c(O[CH2-])c(Cl)c1Cl.[Rf].[Rf]. The summed E-state index contributed by atoms with van der Waals surface area (Å²) in [5, 5.41) is 13.8. The zero-order chi connectivity index (χ0) is 17.6. The van der Waals surface area contributed by atoms with Crippen molar-refractivity contribution in [2.75, 3.05) is 0 Å². The number of halogens is 4. The van der Waals surface area contributed by atoms with Crippen LogP contribution in [0.15, 0.2) is 0 Å². The van der Waals surface area contributed by atoms with Crippen molar-refractivity contribution in [3.63, 3.8) is 0 Å². The molecule has 138 valence electrons. The van der Waals surface area contributed by atoms with Crippen molar-refractivity contribution < 1.29 is 19.7 Å². The van der Waals surface area contributed by atoms with Gasteiger partial charge in [0.25, 0.3) is 0 Å². The van der Waals surface area contributed by atoms with Gasteiger partial charge in [-0.2, -0.15) is 14.2 Å². The molecule has 24 heavy (non-hydrogen) atoms. The first-order valence-corrected chi connectivity index (χ1v) is 6.80. The monoisotopic (exact) mass is 928 g/mol. The molecule has 0 aliphatic carbocycles. The Morgan fingerprint density at radius 2 is 0.833 bits per heavy atom. The van der Waals surface area contributed by atoms with E-state index in [9.17, 15) is 0 Å². The summed E-state index contributed by atoms with van der Waals surface area (Å²) in [6, 6.07) is 0. The molecule has 0 bridgehead atoms. The van der Waals surface area contributed by atoms with Gasteiger partial charge in [-0.3, -0.25) is 0 Å². The summed E-state index contributed by atoms with van der Waals surface area (Å²) in [4.78, 5) is 0. The van der Waals surface area contributed by atoms with Crippen LogP contribution in [0, 0.1) is 28.4 Å². The van der Waals surface area contributed by atoms with Crippen LogP contribution in [0.2, 0.25) is 20.1 Å². The molecule has 0 atom stereocenters. The minimum Gasteiger partial charge on any atom is -0.663 e. The molecular weight excluding hydrogens is 908 g/mol. The molecule has 0 saturated heterocycles. The zero-order valence-corrected chi connectivity index (χ0v) is 29.0. The summed E-state index contributed by atoms with van der Waals surface area (Å²) in [5.74, 6) is 0.202. The predicted molar refractivity (Wildman–Crippen MR) is 95.7 cm³/mol. The van der Waals surface area contributed by atoms with Gasteiger partial charge in [-0.05, 0) is 0 Å². The number of hydrogen-bond donors (Lipinski definition) is 2. The summed E-state index contributed by atoms with van der Waals surface area (Å²) in [5.41, 5.74) is 0. The Morgan fingerprint density at radius 3 is 0.917 bits per heavy atom. The van der Waals surface area contributed by atoms with Crippen LogP contribution in [-0.4, -0.2) is 10.2 Å². The number of aliphatic hydroxyl groups is 2. The summed E-state index contributed by atoms with van der Waals surface area (Å²) in [6.07, 6.45) is 1.25. The second-order valence-electron chi connectivity index (χ2n) is 2.91. The van der Waals surface area contributed by atoms with Crippen molar-refractivity contribution in [2.24, 2.45) is 0 Å². The Hall–Kier alpha value is -2.10. The first kappa shape index (κ1) is 37.8. The van der Waals surface area contributed by atoms with Crippen molar-refractivity contribution in [3.8, 4) is 11.5 Å². The van der Waals surface area contributed by atoms with Crippen LogP contribution in [-0.2, 0) is 0 Å². The van der Waals surface area contributed by atoms with E-state index >= 15 is 0 Å². The maximum absolute atomic E-state index is 6.75. The standard InChI is InChI=1S/C8H4Cl4O2.C3H8.2CH3O.CH4.2Rf/c1-13-7-3(9)5(11)8(14-2)6(12)4(7)10;1-3-2;2*1-2;;;/h1-2H2;3H2,1-2H3;2*2H,1H2;1H4;;/q-2;;2*-1;;;. The number of hydrogen-bond acceptors (Lipinski definition) is 4. The Kier molecular flexibility index (Phi) is 36.5. The van der Waals surface area contributed by atoms with Gasteiger partial charge in [0.05, 0.1) is 0 Å².